The lowest BCUT2D eigenvalue weighted by molar-refractivity contribution is -0.132. The third-order valence-corrected chi connectivity index (χ3v) is 3.33. The van der Waals surface area contributed by atoms with Crippen molar-refractivity contribution < 1.29 is 9.53 Å². The van der Waals surface area contributed by atoms with Gasteiger partial charge in [0.05, 0.1) is 13.2 Å². The number of rotatable bonds is 4. The van der Waals surface area contributed by atoms with Crippen molar-refractivity contribution in [1.29, 1.82) is 0 Å². The molecule has 4 heteroatoms. The fraction of sp³-hybridized carbons (Fsp3) is 0.500. The van der Waals surface area contributed by atoms with Crippen molar-refractivity contribution in [2.45, 2.75) is 25.4 Å². The molecule has 18 heavy (non-hydrogen) atoms. The van der Waals surface area contributed by atoms with E-state index in [4.69, 9.17) is 4.74 Å². The Bertz CT molecular complexity index is 414. The molecule has 4 nitrogen and oxygen atoms in total. The minimum absolute atomic E-state index is 0.00953. The van der Waals surface area contributed by atoms with Crippen molar-refractivity contribution in [2.24, 2.45) is 0 Å². The zero-order valence-corrected chi connectivity index (χ0v) is 11.0. The molecule has 1 aromatic rings. The summed E-state index contributed by atoms with van der Waals surface area (Å²) in [5.41, 5.74) is 1.04. The Labute approximate surface area is 108 Å². The number of hydrogen-bond acceptors (Lipinski definition) is 3. The highest BCUT2D eigenvalue weighted by Gasteiger charge is 2.25. The maximum atomic E-state index is 12.2. The molecule has 1 aromatic carbocycles. The van der Waals surface area contributed by atoms with Crippen LogP contribution in [-0.4, -0.2) is 37.6 Å². The molecule has 1 fully saturated rings. The van der Waals surface area contributed by atoms with Crippen LogP contribution in [0.4, 0.5) is 0 Å². The summed E-state index contributed by atoms with van der Waals surface area (Å²) in [6.07, 6.45) is 2.02. The van der Waals surface area contributed by atoms with Gasteiger partial charge in [0.1, 0.15) is 5.75 Å². The highest BCUT2D eigenvalue weighted by molar-refractivity contribution is 5.82. The van der Waals surface area contributed by atoms with Crippen LogP contribution in [0.1, 0.15) is 18.4 Å². The van der Waals surface area contributed by atoms with E-state index in [2.05, 4.69) is 5.32 Å². The molecular weight excluding hydrogens is 228 g/mol. The SMILES string of the molecule is COc1ccccc1CN(C)C(=O)C1CCCN1. The Morgan fingerprint density at radius 2 is 2.28 bits per heavy atom. The maximum absolute atomic E-state index is 12.2. The van der Waals surface area contributed by atoms with E-state index < -0.39 is 0 Å². The number of ether oxygens (including phenoxy) is 1. The van der Waals surface area contributed by atoms with Gasteiger partial charge < -0.3 is 15.0 Å². The van der Waals surface area contributed by atoms with Crippen LogP contribution < -0.4 is 10.1 Å². The summed E-state index contributed by atoms with van der Waals surface area (Å²) >= 11 is 0. The lowest BCUT2D eigenvalue weighted by Crippen LogP contribution is -2.41. The Morgan fingerprint density at radius 3 is 2.94 bits per heavy atom. The van der Waals surface area contributed by atoms with Gasteiger partial charge in [0, 0.05) is 19.2 Å². The number of para-hydroxylation sites is 1. The quantitative estimate of drug-likeness (QED) is 0.876. The molecule has 1 unspecified atom stereocenters. The van der Waals surface area contributed by atoms with Crippen LogP contribution in [0.5, 0.6) is 5.75 Å². The average molecular weight is 248 g/mol. The van der Waals surface area contributed by atoms with Gasteiger partial charge in [-0.2, -0.15) is 0 Å². The minimum atomic E-state index is -0.00953. The molecule has 0 radical (unpaired) electrons. The number of benzene rings is 1. The van der Waals surface area contributed by atoms with Gasteiger partial charge in [-0.15, -0.1) is 0 Å². The van der Waals surface area contributed by atoms with Gasteiger partial charge in [-0.1, -0.05) is 18.2 Å². The fourth-order valence-corrected chi connectivity index (χ4v) is 2.33. The predicted octanol–water partition coefficient (Wildman–Crippen LogP) is 1.41. The van der Waals surface area contributed by atoms with Crippen LogP contribution in [0.3, 0.4) is 0 Å². The van der Waals surface area contributed by atoms with Gasteiger partial charge >= 0.3 is 0 Å². The van der Waals surface area contributed by atoms with Gasteiger partial charge in [-0.25, -0.2) is 0 Å². The Hall–Kier alpha value is -1.55. The molecule has 1 aliphatic heterocycles. The normalized spacial score (nSPS) is 18.7. The lowest BCUT2D eigenvalue weighted by atomic mass is 10.1. The Kier molecular flexibility index (Phi) is 4.20. The van der Waals surface area contributed by atoms with E-state index in [1.165, 1.54) is 0 Å². The summed E-state index contributed by atoms with van der Waals surface area (Å²) in [5.74, 6) is 0.995. The van der Waals surface area contributed by atoms with E-state index in [0.29, 0.717) is 6.54 Å². The molecule has 1 heterocycles. The smallest absolute Gasteiger partial charge is 0.239 e. The number of nitrogens with zero attached hydrogens (tertiary/aromatic N) is 1. The first-order valence-corrected chi connectivity index (χ1v) is 6.32. The summed E-state index contributed by atoms with van der Waals surface area (Å²) in [6, 6.07) is 7.79. The lowest BCUT2D eigenvalue weighted by Gasteiger charge is -2.22. The van der Waals surface area contributed by atoms with Crippen molar-refractivity contribution >= 4 is 5.91 Å². The number of likely N-dealkylation sites (N-methyl/N-ethyl adjacent to an activating group) is 1. The van der Waals surface area contributed by atoms with Crippen LogP contribution in [0, 0.1) is 0 Å². The average Bonchev–Trinajstić information content (AvgIpc) is 2.92. The molecule has 1 atom stereocenters. The van der Waals surface area contributed by atoms with E-state index >= 15 is 0 Å². The highest BCUT2D eigenvalue weighted by atomic mass is 16.5. The summed E-state index contributed by atoms with van der Waals surface area (Å²) in [6.45, 7) is 1.53. The van der Waals surface area contributed by atoms with Gasteiger partial charge in [-0.05, 0) is 25.5 Å². The first-order chi connectivity index (χ1) is 8.72. The van der Waals surface area contributed by atoms with Gasteiger partial charge in [0.25, 0.3) is 0 Å². The molecule has 1 amide bonds. The first-order valence-electron chi connectivity index (χ1n) is 6.32. The molecule has 1 saturated heterocycles. The van der Waals surface area contributed by atoms with E-state index in [9.17, 15) is 4.79 Å². The van der Waals surface area contributed by atoms with Gasteiger partial charge in [0.15, 0.2) is 0 Å². The highest BCUT2D eigenvalue weighted by Crippen LogP contribution is 2.19. The van der Waals surface area contributed by atoms with Crippen molar-refractivity contribution in [2.75, 3.05) is 20.7 Å². The van der Waals surface area contributed by atoms with Gasteiger partial charge in [0.2, 0.25) is 5.91 Å². The zero-order chi connectivity index (χ0) is 13.0. The molecule has 1 aliphatic rings. The third kappa shape index (κ3) is 2.82. The molecule has 98 valence electrons. The largest absolute Gasteiger partial charge is 0.496 e. The monoisotopic (exact) mass is 248 g/mol. The third-order valence-electron chi connectivity index (χ3n) is 3.33. The first kappa shape index (κ1) is 12.9. The number of carbonyl (C=O) groups excluding carboxylic acids is 1. The molecule has 0 spiro atoms. The van der Waals surface area contributed by atoms with Crippen LogP contribution in [0.15, 0.2) is 24.3 Å². The number of methoxy groups -OCH3 is 1. The Balaban J connectivity index is 2.01. The Morgan fingerprint density at radius 1 is 1.50 bits per heavy atom. The van der Waals surface area contributed by atoms with Crippen LogP contribution in [0.25, 0.3) is 0 Å². The topological polar surface area (TPSA) is 41.6 Å². The summed E-state index contributed by atoms with van der Waals surface area (Å²) in [7, 11) is 3.49. The maximum Gasteiger partial charge on any atom is 0.239 e. The molecule has 0 aliphatic carbocycles. The molecule has 0 aromatic heterocycles. The van der Waals surface area contributed by atoms with Crippen molar-refractivity contribution in [3.63, 3.8) is 0 Å². The second kappa shape index (κ2) is 5.87. The molecular formula is C14H20N2O2. The summed E-state index contributed by atoms with van der Waals surface area (Å²) in [4.78, 5) is 13.9. The van der Waals surface area contributed by atoms with Crippen LogP contribution in [0.2, 0.25) is 0 Å². The van der Waals surface area contributed by atoms with Crippen molar-refractivity contribution in [3.8, 4) is 5.75 Å². The second-order valence-corrected chi connectivity index (χ2v) is 4.66. The van der Waals surface area contributed by atoms with Crippen LogP contribution in [-0.2, 0) is 11.3 Å². The molecule has 2 rings (SSSR count). The van der Waals surface area contributed by atoms with Crippen molar-refractivity contribution in [1.82, 2.24) is 10.2 Å². The fourth-order valence-electron chi connectivity index (χ4n) is 2.33. The van der Waals surface area contributed by atoms with E-state index in [0.717, 1.165) is 30.7 Å². The zero-order valence-electron chi connectivity index (χ0n) is 11.0. The summed E-state index contributed by atoms with van der Waals surface area (Å²) in [5, 5.41) is 3.23. The molecule has 1 N–H and O–H groups in total. The standard InChI is InChI=1S/C14H20N2O2/c1-16(14(17)12-7-5-9-15-12)10-11-6-3-4-8-13(11)18-2/h3-4,6,8,12,15H,5,7,9-10H2,1-2H3. The van der Waals surface area contributed by atoms with E-state index in [-0.39, 0.29) is 11.9 Å². The predicted molar refractivity (Wildman–Crippen MR) is 70.5 cm³/mol. The molecule has 0 saturated carbocycles. The van der Waals surface area contributed by atoms with Crippen LogP contribution >= 0.6 is 0 Å². The number of nitrogens with one attached hydrogen (secondary N) is 1. The second-order valence-electron chi connectivity index (χ2n) is 4.66. The summed E-state index contributed by atoms with van der Waals surface area (Å²) < 4.78 is 5.30. The van der Waals surface area contributed by atoms with E-state index in [1.54, 1.807) is 12.0 Å². The van der Waals surface area contributed by atoms with Gasteiger partial charge in [-0.3, -0.25) is 4.79 Å². The minimum Gasteiger partial charge on any atom is -0.496 e. The molecule has 0 bridgehead atoms. The number of amides is 1. The number of carbonyl (C=O) groups is 1. The van der Waals surface area contributed by atoms with Crippen molar-refractivity contribution in [3.05, 3.63) is 29.8 Å². The number of hydrogen-bond donors (Lipinski definition) is 1. The van der Waals surface area contributed by atoms with E-state index in [1.807, 2.05) is 31.3 Å².